The van der Waals surface area contributed by atoms with Gasteiger partial charge >= 0.3 is 0 Å². The van der Waals surface area contributed by atoms with E-state index in [4.69, 9.17) is 18.9 Å². The van der Waals surface area contributed by atoms with E-state index < -0.39 is 17.7 Å². The van der Waals surface area contributed by atoms with Gasteiger partial charge in [-0.3, -0.25) is 14.5 Å². The molecule has 2 fully saturated rings. The van der Waals surface area contributed by atoms with Crippen LogP contribution >= 0.6 is 0 Å². The molecule has 204 valence electrons. The predicted molar refractivity (Wildman–Crippen MR) is 143 cm³/mol. The zero-order valence-corrected chi connectivity index (χ0v) is 22.3. The summed E-state index contributed by atoms with van der Waals surface area (Å²) in [6, 6.07) is 11.4. The summed E-state index contributed by atoms with van der Waals surface area (Å²) in [6.45, 7) is 10.8. The predicted octanol–water partition coefficient (Wildman–Crippen LogP) is 3.64. The Morgan fingerprint density at radius 2 is 1.55 bits per heavy atom. The Labute approximate surface area is 223 Å². The summed E-state index contributed by atoms with van der Waals surface area (Å²) < 4.78 is 22.5. The SMILES string of the molecule is CCOc1ccc(/C(O)=C2\C(=O)C(=O)N(CCN3CCOCC3)C2c2ccc(OCC)c(OCC)c2)cc1. The van der Waals surface area contributed by atoms with E-state index in [1.165, 1.54) is 0 Å². The zero-order chi connectivity index (χ0) is 27.1. The van der Waals surface area contributed by atoms with Gasteiger partial charge in [-0.15, -0.1) is 0 Å². The number of likely N-dealkylation sites (tertiary alicyclic amines) is 1. The van der Waals surface area contributed by atoms with Crippen molar-refractivity contribution in [1.29, 1.82) is 0 Å². The maximum Gasteiger partial charge on any atom is 0.295 e. The van der Waals surface area contributed by atoms with Gasteiger partial charge in [-0.2, -0.15) is 0 Å². The third-order valence-electron chi connectivity index (χ3n) is 6.62. The molecule has 0 aliphatic carbocycles. The smallest absolute Gasteiger partial charge is 0.295 e. The topological polar surface area (TPSA) is 97.8 Å². The number of rotatable bonds is 11. The standard InChI is InChI=1S/C29H36N2O7/c1-4-36-22-10-7-20(8-11-22)27(32)25-26(21-9-12-23(37-5-2)24(19-21)38-6-3)31(29(34)28(25)33)14-13-30-15-17-35-18-16-30/h7-12,19,26,32H,4-6,13-18H2,1-3H3/b27-25+. The van der Waals surface area contributed by atoms with Crippen molar-refractivity contribution in [1.82, 2.24) is 9.80 Å². The maximum absolute atomic E-state index is 13.4. The first-order valence-electron chi connectivity index (χ1n) is 13.2. The average Bonchev–Trinajstić information content (AvgIpc) is 3.19. The molecule has 2 aliphatic heterocycles. The molecule has 0 bridgehead atoms. The molecular weight excluding hydrogens is 488 g/mol. The van der Waals surface area contributed by atoms with Crippen molar-refractivity contribution in [3.05, 3.63) is 59.2 Å². The molecule has 1 amide bonds. The number of aliphatic hydroxyl groups is 1. The van der Waals surface area contributed by atoms with E-state index in [9.17, 15) is 14.7 Å². The van der Waals surface area contributed by atoms with Crippen LogP contribution < -0.4 is 14.2 Å². The molecule has 2 heterocycles. The first-order valence-corrected chi connectivity index (χ1v) is 13.2. The van der Waals surface area contributed by atoms with Crippen LogP contribution in [0.2, 0.25) is 0 Å². The molecule has 1 unspecified atom stereocenters. The number of hydrogen-bond acceptors (Lipinski definition) is 8. The molecule has 0 radical (unpaired) electrons. The number of benzene rings is 2. The summed E-state index contributed by atoms with van der Waals surface area (Å²) in [5.41, 5.74) is 1.14. The lowest BCUT2D eigenvalue weighted by atomic mass is 9.95. The molecule has 38 heavy (non-hydrogen) atoms. The van der Waals surface area contributed by atoms with Crippen LogP contribution in [0.25, 0.3) is 5.76 Å². The van der Waals surface area contributed by atoms with Gasteiger partial charge in [-0.1, -0.05) is 6.07 Å². The number of ether oxygens (including phenoxy) is 4. The summed E-state index contributed by atoms with van der Waals surface area (Å²) in [4.78, 5) is 30.5. The minimum atomic E-state index is -0.780. The van der Waals surface area contributed by atoms with E-state index in [0.717, 1.165) is 13.1 Å². The Kier molecular flexibility index (Phi) is 9.25. The van der Waals surface area contributed by atoms with Gasteiger partial charge in [0.25, 0.3) is 11.7 Å². The summed E-state index contributed by atoms with van der Waals surface area (Å²) in [7, 11) is 0. The van der Waals surface area contributed by atoms with Crippen LogP contribution in [-0.4, -0.2) is 85.8 Å². The Hall–Kier alpha value is -3.56. The van der Waals surface area contributed by atoms with E-state index in [2.05, 4.69) is 4.90 Å². The van der Waals surface area contributed by atoms with Gasteiger partial charge in [-0.05, 0) is 62.7 Å². The molecule has 2 aromatic carbocycles. The van der Waals surface area contributed by atoms with E-state index in [0.29, 0.717) is 74.5 Å². The fourth-order valence-corrected chi connectivity index (χ4v) is 4.80. The molecule has 9 nitrogen and oxygen atoms in total. The summed E-state index contributed by atoms with van der Waals surface area (Å²) in [5, 5.41) is 11.4. The fourth-order valence-electron chi connectivity index (χ4n) is 4.80. The van der Waals surface area contributed by atoms with Crippen molar-refractivity contribution in [2.24, 2.45) is 0 Å². The molecule has 0 aromatic heterocycles. The molecule has 2 saturated heterocycles. The number of nitrogens with zero attached hydrogens (tertiary/aromatic N) is 2. The van der Waals surface area contributed by atoms with Crippen LogP contribution in [0.5, 0.6) is 17.2 Å². The van der Waals surface area contributed by atoms with Crippen molar-refractivity contribution >= 4 is 17.4 Å². The number of aliphatic hydroxyl groups excluding tert-OH is 1. The first kappa shape index (κ1) is 27.5. The Morgan fingerprint density at radius 3 is 2.21 bits per heavy atom. The molecule has 1 atom stereocenters. The average molecular weight is 525 g/mol. The van der Waals surface area contributed by atoms with Crippen molar-refractivity contribution < 1.29 is 33.6 Å². The second-order valence-corrected chi connectivity index (χ2v) is 8.98. The van der Waals surface area contributed by atoms with E-state index >= 15 is 0 Å². The van der Waals surface area contributed by atoms with E-state index in [-0.39, 0.29) is 11.3 Å². The minimum Gasteiger partial charge on any atom is -0.507 e. The van der Waals surface area contributed by atoms with Crippen LogP contribution in [0.4, 0.5) is 0 Å². The highest BCUT2D eigenvalue weighted by Gasteiger charge is 2.46. The molecule has 4 rings (SSSR count). The summed E-state index contributed by atoms with van der Waals surface area (Å²) in [6.07, 6.45) is 0. The maximum atomic E-state index is 13.4. The molecule has 9 heteroatoms. The molecule has 1 N–H and O–H groups in total. The first-order chi connectivity index (χ1) is 18.5. The lowest BCUT2D eigenvalue weighted by molar-refractivity contribution is -0.140. The third-order valence-corrected chi connectivity index (χ3v) is 6.62. The quantitative estimate of drug-likeness (QED) is 0.270. The number of carbonyl (C=O) groups excluding carboxylic acids is 2. The molecule has 2 aromatic rings. The molecule has 0 spiro atoms. The molecular formula is C29H36N2O7. The van der Waals surface area contributed by atoms with Crippen molar-refractivity contribution in [2.75, 3.05) is 59.2 Å². The van der Waals surface area contributed by atoms with Crippen molar-refractivity contribution in [3.8, 4) is 17.2 Å². The summed E-state index contributed by atoms with van der Waals surface area (Å²) >= 11 is 0. The van der Waals surface area contributed by atoms with Gasteiger partial charge in [0.2, 0.25) is 0 Å². The van der Waals surface area contributed by atoms with Crippen molar-refractivity contribution in [3.63, 3.8) is 0 Å². The van der Waals surface area contributed by atoms with Gasteiger partial charge in [0, 0.05) is 31.7 Å². The fraction of sp³-hybridized carbons (Fsp3) is 0.448. The lowest BCUT2D eigenvalue weighted by Crippen LogP contribution is -2.42. The molecule has 0 saturated carbocycles. The lowest BCUT2D eigenvalue weighted by Gasteiger charge is -2.31. The number of morpholine rings is 1. The number of ketones is 1. The Bertz CT molecular complexity index is 1160. The van der Waals surface area contributed by atoms with Crippen LogP contribution in [-0.2, 0) is 14.3 Å². The Balaban J connectivity index is 1.76. The summed E-state index contributed by atoms with van der Waals surface area (Å²) in [5.74, 6) is 0.177. The van der Waals surface area contributed by atoms with Gasteiger partial charge in [-0.25, -0.2) is 0 Å². The zero-order valence-electron chi connectivity index (χ0n) is 22.3. The Morgan fingerprint density at radius 1 is 0.895 bits per heavy atom. The van der Waals surface area contributed by atoms with E-state index in [1.54, 1.807) is 41.3 Å². The van der Waals surface area contributed by atoms with Gasteiger partial charge in [0.05, 0.1) is 44.6 Å². The van der Waals surface area contributed by atoms with E-state index in [1.807, 2.05) is 26.8 Å². The van der Waals surface area contributed by atoms with Crippen LogP contribution in [0.1, 0.15) is 37.9 Å². The second-order valence-electron chi connectivity index (χ2n) is 8.98. The van der Waals surface area contributed by atoms with Gasteiger partial charge in [0.1, 0.15) is 11.5 Å². The van der Waals surface area contributed by atoms with Gasteiger partial charge < -0.3 is 29.0 Å². The highest BCUT2D eigenvalue weighted by Crippen LogP contribution is 2.42. The monoisotopic (exact) mass is 524 g/mol. The van der Waals surface area contributed by atoms with Crippen LogP contribution in [0, 0.1) is 0 Å². The number of amides is 1. The highest BCUT2D eigenvalue weighted by atomic mass is 16.5. The highest BCUT2D eigenvalue weighted by molar-refractivity contribution is 6.46. The normalized spacial score (nSPS) is 19.6. The number of Topliss-reactive ketones (excluding diaryl/α,β-unsaturated/α-hetero) is 1. The third kappa shape index (κ3) is 5.95. The van der Waals surface area contributed by atoms with Gasteiger partial charge in [0.15, 0.2) is 11.5 Å². The van der Waals surface area contributed by atoms with Crippen molar-refractivity contribution in [2.45, 2.75) is 26.8 Å². The van der Waals surface area contributed by atoms with Crippen LogP contribution in [0.3, 0.4) is 0 Å². The number of carbonyl (C=O) groups is 2. The molecule has 2 aliphatic rings. The second kappa shape index (κ2) is 12.8. The van der Waals surface area contributed by atoms with Crippen LogP contribution in [0.15, 0.2) is 48.0 Å². The number of hydrogen-bond donors (Lipinski definition) is 1. The largest absolute Gasteiger partial charge is 0.507 e. The minimum absolute atomic E-state index is 0.0488.